The van der Waals surface area contributed by atoms with Crippen LogP contribution in [-0.2, 0) is 4.79 Å². The lowest BCUT2D eigenvalue weighted by molar-refractivity contribution is -0.124. The van der Waals surface area contributed by atoms with E-state index in [1.54, 1.807) is 4.90 Å². The number of rotatable bonds is 6. The molecule has 7 heteroatoms. The van der Waals surface area contributed by atoms with Gasteiger partial charge in [-0.1, -0.05) is 54.1 Å². The number of fused-ring (bicyclic) bond motifs is 1. The molecule has 2 aromatic heterocycles. The van der Waals surface area contributed by atoms with Crippen molar-refractivity contribution in [3.8, 4) is 0 Å². The molecule has 1 saturated heterocycles. The van der Waals surface area contributed by atoms with E-state index in [-0.39, 0.29) is 17.7 Å². The lowest BCUT2D eigenvalue weighted by Crippen LogP contribution is -2.46. The molecule has 0 spiro atoms. The number of para-hydroxylation sites is 1. The fourth-order valence-electron chi connectivity index (χ4n) is 4.67. The number of carbonyl (C=O) groups excluding carboxylic acids is 2. The molecular formula is C26H24ClN3O2S. The summed E-state index contributed by atoms with van der Waals surface area (Å²) in [5, 5.41) is 6.78. The highest BCUT2D eigenvalue weighted by atomic mass is 35.5. The van der Waals surface area contributed by atoms with E-state index < -0.39 is 6.04 Å². The third-order valence-corrected chi connectivity index (χ3v) is 7.51. The van der Waals surface area contributed by atoms with Crippen LogP contribution in [0.3, 0.4) is 0 Å². The highest BCUT2D eigenvalue weighted by Gasteiger charge is 2.35. The molecule has 0 saturated carbocycles. The van der Waals surface area contributed by atoms with Crippen LogP contribution in [-0.4, -0.2) is 40.8 Å². The molecule has 5 nitrogen and oxygen atoms in total. The van der Waals surface area contributed by atoms with Crippen LogP contribution in [0.2, 0.25) is 5.02 Å². The van der Waals surface area contributed by atoms with Gasteiger partial charge in [0.05, 0.1) is 4.88 Å². The van der Waals surface area contributed by atoms with E-state index in [4.69, 9.17) is 11.6 Å². The summed E-state index contributed by atoms with van der Waals surface area (Å²) in [5.41, 5.74) is 3.08. The predicted octanol–water partition coefficient (Wildman–Crippen LogP) is 5.44. The van der Waals surface area contributed by atoms with Crippen molar-refractivity contribution in [3.63, 3.8) is 0 Å². The van der Waals surface area contributed by atoms with Gasteiger partial charge in [-0.15, -0.1) is 11.3 Å². The molecule has 2 amide bonds. The summed E-state index contributed by atoms with van der Waals surface area (Å²) in [7, 11) is 0. The maximum Gasteiger partial charge on any atom is 0.264 e. The average Bonchev–Trinajstić information content (AvgIpc) is 3.60. The van der Waals surface area contributed by atoms with Crippen molar-refractivity contribution in [1.29, 1.82) is 0 Å². The minimum absolute atomic E-state index is 0.0677. The first-order valence-corrected chi connectivity index (χ1v) is 12.3. The van der Waals surface area contributed by atoms with Crippen molar-refractivity contribution in [2.24, 2.45) is 0 Å². The topological polar surface area (TPSA) is 65.2 Å². The van der Waals surface area contributed by atoms with Crippen LogP contribution in [0.1, 0.15) is 39.6 Å². The Hall–Kier alpha value is -3.09. The monoisotopic (exact) mass is 477 g/mol. The standard InChI is InChI=1S/C26H24ClN3O2S/c27-21-9-3-1-7-17(21)19(20-15-28-22-10-4-2-8-18(20)22)16-29-25(31)23-11-5-13-30(23)26(32)24-12-6-14-33-24/h1-4,6-10,12,14-15,19,23,28H,5,11,13,16H2,(H,29,31)/t19?,23-/m0/s1. The first-order valence-electron chi connectivity index (χ1n) is 11.1. The molecule has 1 unspecified atom stereocenters. The fourth-order valence-corrected chi connectivity index (χ4v) is 5.62. The van der Waals surface area contributed by atoms with Gasteiger partial charge >= 0.3 is 0 Å². The van der Waals surface area contributed by atoms with E-state index in [0.29, 0.717) is 29.4 Å². The Balaban J connectivity index is 1.39. The van der Waals surface area contributed by atoms with Gasteiger partial charge in [0.25, 0.3) is 5.91 Å². The Morgan fingerprint density at radius 1 is 1.09 bits per heavy atom. The SMILES string of the molecule is O=C(NCC(c1ccccc1Cl)c1c[nH]c2ccccc12)[C@@H]1CCCN1C(=O)c1cccs1. The molecule has 0 aliphatic carbocycles. The van der Waals surface area contributed by atoms with E-state index in [9.17, 15) is 9.59 Å². The molecule has 3 heterocycles. The van der Waals surface area contributed by atoms with Crippen LogP contribution in [0.4, 0.5) is 0 Å². The number of thiophene rings is 1. The number of aromatic amines is 1. The normalized spacial score (nSPS) is 16.8. The second-order valence-corrected chi connectivity index (χ2v) is 9.60. The Morgan fingerprint density at radius 3 is 2.73 bits per heavy atom. The molecule has 168 valence electrons. The van der Waals surface area contributed by atoms with Crippen LogP contribution in [0.25, 0.3) is 10.9 Å². The maximum atomic E-state index is 13.2. The van der Waals surface area contributed by atoms with Crippen molar-refractivity contribution in [2.75, 3.05) is 13.1 Å². The van der Waals surface area contributed by atoms with Gasteiger partial charge in [-0.25, -0.2) is 0 Å². The number of hydrogen-bond acceptors (Lipinski definition) is 3. The number of benzene rings is 2. The van der Waals surface area contributed by atoms with Crippen LogP contribution < -0.4 is 5.32 Å². The van der Waals surface area contributed by atoms with Crippen molar-refractivity contribution in [2.45, 2.75) is 24.8 Å². The average molecular weight is 478 g/mol. The lowest BCUT2D eigenvalue weighted by atomic mass is 9.90. The Morgan fingerprint density at radius 2 is 1.91 bits per heavy atom. The number of hydrogen-bond donors (Lipinski definition) is 2. The van der Waals surface area contributed by atoms with Gasteiger partial charge in [0.15, 0.2) is 0 Å². The molecule has 33 heavy (non-hydrogen) atoms. The van der Waals surface area contributed by atoms with Crippen LogP contribution in [0.5, 0.6) is 0 Å². The number of halogens is 1. The second-order valence-electron chi connectivity index (χ2n) is 8.24. The first-order chi connectivity index (χ1) is 16.1. The molecule has 2 N–H and O–H groups in total. The predicted molar refractivity (Wildman–Crippen MR) is 133 cm³/mol. The Bertz CT molecular complexity index is 1280. The van der Waals surface area contributed by atoms with E-state index in [0.717, 1.165) is 28.5 Å². The summed E-state index contributed by atoms with van der Waals surface area (Å²) in [4.78, 5) is 31.8. The maximum absolute atomic E-state index is 13.2. The molecule has 1 fully saturated rings. The fraction of sp³-hybridized carbons (Fsp3) is 0.231. The highest BCUT2D eigenvalue weighted by Crippen LogP contribution is 2.34. The van der Waals surface area contributed by atoms with Crippen molar-refractivity contribution in [1.82, 2.24) is 15.2 Å². The zero-order valence-electron chi connectivity index (χ0n) is 18.0. The molecule has 2 atom stereocenters. The zero-order chi connectivity index (χ0) is 22.8. The van der Waals surface area contributed by atoms with Crippen molar-refractivity contribution >= 4 is 45.7 Å². The van der Waals surface area contributed by atoms with Crippen molar-refractivity contribution < 1.29 is 9.59 Å². The molecular weight excluding hydrogens is 454 g/mol. The number of carbonyl (C=O) groups is 2. The van der Waals surface area contributed by atoms with Crippen LogP contribution in [0.15, 0.2) is 72.2 Å². The van der Waals surface area contributed by atoms with Gasteiger partial charge in [0.1, 0.15) is 6.04 Å². The number of H-pyrrole nitrogens is 1. The minimum atomic E-state index is -0.450. The van der Waals surface area contributed by atoms with Gasteiger partial charge in [0.2, 0.25) is 5.91 Å². The summed E-state index contributed by atoms with van der Waals surface area (Å²) >= 11 is 7.98. The Labute approximate surface area is 201 Å². The van der Waals surface area contributed by atoms with Gasteiger partial charge < -0.3 is 15.2 Å². The van der Waals surface area contributed by atoms with E-state index in [2.05, 4.69) is 16.4 Å². The zero-order valence-corrected chi connectivity index (χ0v) is 19.5. The summed E-state index contributed by atoms with van der Waals surface area (Å²) in [6, 6.07) is 19.1. The van der Waals surface area contributed by atoms with Gasteiger partial charge in [-0.05, 0) is 47.5 Å². The number of nitrogens with one attached hydrogen (secondary N) is 2. The molecule has 1 aliphatic heterocycles. The van der Waals surface area contributed by atoms with Gasteiger partial charge in [0, 0.05) is 41.1 Å². The van der Waals surface area contributed by atoms with E-state index >= 15 is 0 Å². The largest absolute Gasteiger partial charge is 0.361 e. The third-order valence-electron chi connectivity index (χ3n) is 6.31. The molecule has 1 aliphatic rings. The Kier molecular flexibility index (Phi) is 6.20. The third kappa shape index (κ3) is 4.28. The number of amides is 2. The number of likely N-dealkylation sites (tertiary alicyclic amines) is 1. The van der Waals surface area contributed by atoms with Crippen LogP contribution in [0, 0.1) is 0 Å². The van der Waals surface area contributed by atoms with Gasteiger partial charge in [-0.3, -0.25) is 9.59 Å². The summed E-state index contributed by atoms with van der Waals surface area (Å²) < 4.78 is 0. The number of aromatic nitrogens is 1. The summed E-state index contributed by atoms with van der Waals surface area (Å²) in [6.07, 6.45) is 3.49. The van der Waals surface area contributed by atoms with E-state index in [1.807, 2.05) is 66.2 Å². The molecule has 0 radical (unpaired) electrons. The van der Waals surface area contributed by atoms with Crippen molar-refractivity contribution in [3.05, 3.63) is 93.3 Å². The van der Waals surface area contributed by atoms with E-state index in [1.165, 1.54) is 11.3 Å². The summed E-state index contributed by atoms with van der Waals surface area (Å²) in [5.74, 6) is -0.308. The minimum Gasteiger partial charge on any atom is -0.361 e. The van der Waals surface area contributed by atoms with Crippen LogP contribution >= 0.6 is 22.9 Å². The first kappa shape index (κ1) is 21.7. The summed E-state index contributed by atoms with van der Waals surface area (Å²) in [6.45, 7) is 0.993. The lowest BCUT2D eigenvalue weighted by Gasteiger charge is -2.25. The molecule has 4 aromatic rings. The molecule has 2 aromatic carbocycles. The second kappa shape index (κ2) is 9.41. The molecule has 5 rings (SSSR count). The number of nitrogens with zero attached hydrogens (tertiary/aromatic N) is 1. The highest BCUT2D eigenvalue weighted by molar-refractivity contribution is 7.12. The smallest absolute Gasteiger partial charge is 0.264 e. The quantitative estimate of drug-likeness (QED) is 0.388. The molecule has 0 bridgehead atoms. The van der Waals surface area contributed by atoms with Gasteiger partial charge in [-0.2, -0.15) is 0 Å².